The second kappa shape index (κ2) is 4.72. The highest BCUT2D eigenvalue weighted by atomic mass is 16.5. The number of nitrogens with one attached hydrogen (secondary N) is 1. The molecule has 1 aliphatic carbocycles. The number of nitrogens with zero attached hydrogens (tertiary/aromatic N) is 1. The molecule has 5 heteroatoms. The third-order valence-corrected chi connectivity index (χ3v) is 4.10. The summed E-state index contributed by atoms with van der Waals surface area (Å²) in [4.78, 5) is 25.8. The number of carbonyl (C=O) groups is 2. The van der Waals surface area contributed by atoms with E-state index in [2.05, 4.69) is 11.9 Å². The molecule has 1 heterocycles. The molecule has 1 unspecified atom stereocenters. The van der Waals surface area contributed by atoms with E-state index in [0.717, 1.165) is 19.4 Å². The van der Waals surface area contributed by atoms with Crippen molar-refractivity contribution in [2.75, 3.05) is 20.7 Å². The molecule has 1 saturated carbocycles. The molecule has 1 amide bonds. The van der Waals surface area contributed by atoms with Crippen LogP contribution in [0.4, 0.5) is 0 Å². The summed E-state index contributed by atoms with van der Waals surface area (Å²) < 4.78 is 4.84. The van der Waals surface area contributed by atoms with Crippen LogP contribution in [0.15, 0.2) is 12.7 Å². The smallest absolute Gasteiger partial charge is 0.332 e. The first-order valence-corrected chi connectivity index (χ1v) is 6.30. The lowest BCUT2D eigenvalue weighted by atomic mass is 10.1. The van der Waals surface area contributed by atoms with Crippen molar-refractivity contribution in [3.8, 4) is 0 Å². The van der Waals surface area contributed by atoms with E-state index < -0.39 is 5.54 Å². The minimum atomic E-state index is -0.822. The molecule has 0 bridgehead atoms. The van der Waals surface area contributed by atoms with Crippen LogP contribution in [0.1, 0.15) is 19.3 Å². The predicted octanol–water partition coefficient (Wildman–Crippen LogP) is 0.314. The van der Waals surface area contributed by atoms with Gasteiger partial charge in [-0.1, -0.05) is 6.08 Å². The molecule has 0 aromatic heterocycles. The van der Waals surface area contributed by atoms with Crippen molar-refractivity contribution in [3.63, 3.8) is 0 Å². The fourth-order valence-corrected chi connectivity index (χ4v) is 2.81. The molecule has 2 aliphatic rings. The number of ether oxygens (including phenoxy) is 1. The molecule has 100 valence electrons. The molecule has 1 saturated heterocycles. The van der Waals surface area contributed by atoms with Gasteiger partial charge in [-0.05, 0) is 25.8 Å². The van der Waals surface area contributed by atoms with Crippen molar-refractivity contribution in [3.05, 3.63) is 12.7 Å². The van der Waals surface area contributed by atoms with Crippen molar-refractivity contribution in [1.29, 1.82) is 0 Å². The summed E-state index contributed by atoms with van der Waals surface area (Å²) in [5.74, 6) is -0.371. The number of hydrogen-bond acceptors (Lipinski definition) is 4. The van der Waals surface area contributed by atoms with Gasteiger partial charge in [-0.25, -0.2) is 4.79 Å². The van der Waals surface area contributed by atoms with Gasteiger partial charge in [0.15, 0.2) is 0 Å². The average molecular weight is 252 g/mol. The third kappa shape index (κ3) is 1.82. The summed E-state index contributed by atoms with van der Waals surface area (Å²) in [7, 11) is 3.04. The minimum absolute atomic E-state index is 0.000281. The Morgan fingerprint density at radius 2 is 2.28 bits per heavy atom. The normalized spacial score (nSPS) is 33.9. The summed E-state index contributed by atoms with van der Waals surface area (Å²) in [5, 5.41) is 3.16. The molecule has 0 aromatic carbocycles. The first-order chi connectivity index (χ1) is 8.57. The van der Waals surface area contributed by atoms with E-state index in [1.165, 1.54) is 7.11 Å². The van der Waals surface area contributed by atoms with Crippen LogP contribution in [0.3, 0.4) is 0 Å². The third-order valence-electron chi connectivity index (χ3n) is 4.10. The molecule has 5 nitrogen and oxygen atoms in total. The Labute approximate surface area is 107 Å². The quantitative estimate of drug-likeness (QED) is 0.578. The van der Waals surface area contributed by atoms with E-state index in [1.807, 2.05) is 0 Å². The summed E-state index contributed by atoms with van der Waals surface area (Å²) in [6.07, 6.45) is 4.17. The van der Waals surface area contributed by atoms with Crippen molar-refractivity contribution >= 4 is 11.9 Å². The number of carbonyl (C=O) groups excluding carboxylic acids is 2. The Hall–Kier alpha value is -1.36. The first-order valence-electron chi connectivity index (χ1n) is 6.30. The maximum absolute atomic E-state index is 12.3. The molecule has 1 N–H and O–H groups in total. The topological polar surface area (TPSA) is 58.6 Å². The lowest BCUT2D eigenvalue weighted by molar-refractivity contribution is -0.154. The van der Waals surface area contributed by atoms with Gasteiger partial charge in [0.1, 0.15) is 5.54 Å². The first kappa shape index (κ1) is 13.1. The molecule has 0 radical (unpaired) electrons. The van der Waals surface area contributed by atoms with Crippen LogP contribution in [0.5, 0.6) is 0 Å². The van der Waals surface area contributed by atoms with Crippen molar-refractivity contribution in [2.45, 2.75) is 30.8 Å². The SMILES string of the molecule is C=C[C@@H]1C[C@@]1(C(=O)OC)N(C)C(=O)C1CCCN1. The van der Waals surface area contributed by atoms with Gasteiger partial charge in [-0.15, -0.1) is 6.58 Å². The number of likely N-dealkylation sites (N-methyl/N-ethyl adjacent to an activating group) is 1. The summed E-state index contributed by atoms with van der Waals surface area (Å²) >= 11 is 0. The molecular formula is C13H20N2O3. The van der Waals surface area contributed by atoms with E-state index in [-0.39, 0.29) is 23.8 Å². The minimum Gasteiger partial charge on any atom is -0.467 e. The number of hydrogen-bond donors (Lipinski definition) is 1. The fourth-order valence-electron chi connectivity index (χ4n) is 2.81. The Kier molecular flexibility index (Phi) is 3.43. The number of esters is 1. The largest absolute Gasteiger partial charge is 0.467 e. The monoisotopic (exact) mass is 252 g/mol. The fraction of sp³-hybridized carbons (Fsp3) is 0.692. The van der Waals surface area contributed by atoms with Crippen molar-refractivity contribution in [2.24, 2.45) is 5.92 Å². The predicted molar refractivity (Wildman–Crippen MR) is 66.8 cm³/mol. The molecule has 18 heavy (non-hydrogen) atoms. The van der Waals surface area contributed by atoms with Gasteiger partial charge in [-0.2, -0.15) is 0 Å². The number of methoxy groups -OCH3 is 1. The van der Waals surface area contributed by atoms with Gasteiger partial charge in [0, 0.05) is 13.0 Å². The average Bonchev–Trinajstić information content (AvgIpc) is 2.89. The Bertz CT molecular complexity index is 376. The molecule has 1 aliphatic heterocycles. The molecule has 2 fully saturated rings. The maximum Gasteiger partial charge on any atom is 0.332 e. The molecule has 2 rings (SSSR count). The van der Waals surface area contributed by atoms with E-state index in [0.29, 0.717) is 6.42 Å². The lowest BCUT2D eigenvalue weighted by Crippen LogP contribution is -2.52. The Morgan fingerprint density at radius 1 is 1.56 bits per heavy atom. The summed E-state index contributed by atoms with van der Waals surface area (Å²) in [6, 6.07) is -0.164. The van der Waals surface area contributed by atoms with Crippen LogP contribution in [-0.4, -0.2) is 49.1 Å². The second-order valence-electron chi connectivity index (χ2n) is 5.01. The zero-order chi connectivity index (χ0) is 13.3. The second-order valence-corrected chi connectivity index (χ2v) is 5.01. The van der Waals surface area contributed by atoms with E-state index >= 15 is 0 Å². The Morgan fingerprint density at radius 3 is 2.72 bits per heavy atom. The summed E-state index contributed by atoms with van der Waals surface area (Å²) in [6.45, 7) is 4.57. The molecule has 0 aromatic rings. The zero-order valence-electron chi connectivity index (χ0n) is 10.9. The van der Waals surface area contributed by atoms with Gasteiger partial charge in [0.05, 0.1) is 13.2 Å². The standard InChI is InChI=1S/C13H20N2O3/c1-4-9-8-13(9,12(17)18-3)15(2)11(16)10-6-5-7-14-10/h4,9-10,14H,1,5-8H2,2-3H3/t9-,10?,13-/m1/s1. The highest BCUT2D eigenvalue weighted by molar-refractivity contribution is 5.93. The van der Waals surface area contributed by atoms with Gasteiger partial charge in [-0.3, -0.25) is 4.79 Å². The van der Waals surface area contributed by atoms with E-state index in [1.54, 1.807) is 18.0 Å². The zero-order valence-corrected chi connectivity index (χ0v) is 10.9. The Balaban J connectivity index is 2.14. The lowest BCUT2D eigenvalue weighted by Gasteiger charge is -2.29. The number of rotatable bonds is 4. The van der Waals surface area contributed by atoms with Crippen molar-refractivity contribution < 1.29 is 14.3 Å². The van der Waals surface area contributed by atoms with Gasteiger partial charge in [0.2, 0.25) is 5.91 Å². The van der Waals surface area contributed by atoms with Gasteiger partial charge < -0.3 is 15.0 Å². The van der Waals surface area contributed by atoms with Crippen LogP contribution in [-0.2, 0) is 14.3 Å². The molecule has 3 atom stereocenters. The van der Waals surface area contributed by atoms with Crippen LogP contribution in [0.2, 0.25) is 0 Å². The van der Waals surface area contributed by atoms with Gasteiger partial charge in [0.25, 0.3) is 0 Å². The van der Waals surface area contributed by atoms with Crippen LogP contribution >= 0.6 is 0 Å². The maximum atomic E-state index is 12.3. The molecular weight excluding hydrogens is 232 g/mol. The van der Waals surface area contributed by atoms with Gasteiger partial charge >= 0.3 is 5.97 Å². The van der Waals surface area contributed by atoms with Crippen molar-refractivity contribution in [1.82, 2.24) is 10.2 Å². The number of amides is 1. The molecule has 0 spiro atoms. The van der Waals surface area contributed by atoms with Crippen LogP contribution in [0, 0.1) is 5.92 Å². The summed E-state index contributed by atoms with van der Waals surface area (Å²) in [5.41, 5.74) is -0.822. The van der Waals surface area contributed by atoms with E-state index in [4.69, 9.17) is 4.74 Å². The van der Waals surface area contributed by atoms with Crippen LogP contribution in [0.25, 0.3) is 0 Å². The van der Waals surface area contributed by atoms with Crippen LogP contribution < -0.4 is 5.32 Å². The highest BCUT2D eigenvalue weighted by Crippen LogP contribution is 2.49. The highest BCUT2D eigenvalue weighted by Gasteiger charge is 2.64. The van der Waals surface area contributed by atoms with E-state index in [9.17, 15) is 9.59 Å².